The molecule has 2 atom stereocenters. The molecule has 1 aromatic rings. The van der Waals surface area contributed by atoms with Gasteiger partial charge < -0.3 is 26.8 Å². The number of carbonyl (C=O) groups excluding carboxylic acids is 3. The second-order valence-corrected chi connectivity index (χ2v) is 8.76. The molecule has 0 spiro atoms. The van der Waals surface area contributed by atoms with Crippen molar-refractivity contribution in [3.8, 4) is 0 Å². The number of hydrogen-bond donors (Lipinski definition) is 4. The van der Waals surface area contributed by atoms with Crippen molar-refractivity contribution in [2.75, 3.05) is 11.9 Å². The van der Waals surface area contributed by atoms with Gasteiger partial charge in [-0.25, -0.2) is 4.79 Å². The van der Waals surface area contributed by atoms with E-state index >= 15 is 0 Å². The van der Waals surface area contributed by atoms with E-state index in [-0.39, 0.29) is 24.0 Å². The first-order valence-electron chi connectivity index (χ1n) is 9.80. The zero-order valence-corrected chi connectivity index (χ0v) is 16.9. The minimum atomic E-state index is -0.533. The summed E-state index contributed by atoms with van der Waals surface area (Å²) < 4.78 is 5.52. The monoisotopic (exact) mass is 408 g/mol. The molecular formula is C19H28N4O4S. The van der Waals surface area contributed by atoms with Crippen LogP contribution in [-0.4, -0.2) is 36.6 Å². The molecule has 2 aliphatic rings. The summed E-state index contributed by atoms with van der Waals surface area (Å²) in [5.41, 5.74) is 12.5. The number of alkyl carbamates (subject to hydrolysis) is 1. The Morgan fingerprint density at radius 2 is 2.04 bits per heavy atom. The van der Waals surface area contributed by atoms with Crippen LogP contribution in [0.4, 0.5) is 9.80 Å². The second-order valence-electron chi connectivity index (χ2n) is 7.65. The third-order valence-electron chi connectivity index (χ3n) is 5.03. The summed E-state index contributed by atoms with van der Waals surface area (Å²) in [4.78, 5) is 37.0. The average molecular weight is 409 g/mol. The Labute approximate surface area is 168 Å². The number of nitrogens with one attached hydrogen (secondary N) is 2. The molecule has 1 aromatic heterocycles. The molecule has 0 bridgehead atoms. The van der Waals surface area contributed by atoms with Gasteiger partial charge in [-0.15, -0.1) is 11.3 Å². The lowest BCUT2D eigenvalue weighted by Crippen LogP contribution is -2.33. The van der Waals surface area contributed by atoms with E-state index in [1.165, 1.54) is 11.3 Å². The van der Waals surface area contributed by atoms with E-state index in [1.807, 2.05) is 6.92 Å². The molecule has 1 fully saturated rings. The molecule has 0 aliphatic heterocycles. The van der Waals surface area contributed by atoms with Crippen molar-refractivity contribution in [2.45, 2.75) is 64.0 Å². The van der Waals surface area contributed by atoms with Gasteiger partial charge in [-0.3, -0.25) is 9.59 Å². The van der Waals surface area contributed by atoms with Gasteiger partial charge in [0.1, 0.15) is 11.1 Å². The van der Waals surface area contributed by atoms with Crippen molar-refractivity contribution in [1.82, 2.24) is 5.32 Å². The Hall–Kier alpha value is -2.13. The summed E-state index contributed by atoms with van der Waals surface area (Å²) in [6, 6.07) is 0.113. The summed E-state index contributed by atoms with van der Waals surface area (Å²) in [6.45, 7) is 2.46. The molecule has 3 amide bonds. The Morgan fingerprint density at radius 3 is 2.68 bits per heavy atom. The maximum Gasteiger partial charge on any atom is 0.407 e. The molecule has 9 heteroatoms. The number of primary amides is 1. The van der Waals surface area contributed by atoms with Gasteiger partial charge in [0.05, 0.1) is 5.56 Å². The van der Waals surface area contributed by atoms with Gasteiger partial charge >= 0.3 is 6.09 Å². The van der Waals surface area contributed by atoms with Crippen LogP contribution in [0.5, 0.6) is 0 Å². The van der Waals surface area contributed by atoms with Crippen molar-refractivity contribution in [2.24, 2.45) is 17.4 Å². The van der Waals surface area contributed by atoms with Gasteiger partial charge in [0, 0.05) is 29.8 Å². The Morgan fingerprint density at radius 1 is 1.29 bits per heavy atom. The highest BCUT2D eigenvalue weighted by atomic mass is 32.1. The number of ether oxygens (including phenoxy) is 1. The van der Waals surface area contributed by atoms with Gasteiger partial charge in [-0.2, -0.15) is 0 Å². The van der Waals surface area contributed by atoms with Crippen LogP contribution in [0, 0.1) is 5.92 Å². The number of amides is 3. The fraction of sp³-hybridized carbons (Fsp3) is 0.632. The molecule has 6 N–H and O–H groups in total. The molecule has 2 unspecified atom stereocenters. The Bertz CT molecular complexity index is 757. The number of rotatable bonds is 8. The number of fused-ring (bicyclic) bond motifs is 1. The van der Waals surface area contributed by atoms with E-state index in [9.17, 15) is 14.4 Å². The molecular weight excluding hydrogens is 380 g/mol. The van der Waals surface area contributed by atoms with Crippen molar-refractivity contribution in [3.05, 3.63) is 16.0 Å². The topological polar surface area (TPSA) is 137 Å². The first-order valence-corrected chi connectivity index (χ1v) is 10.6. The molecule has 1 heterocycles. The van der Waals surface area contributed by atoms with Crippen LogP contribution >= 0.6 is 11.3 Å². The van der Waals surface area contributed by atoms with Gasteiger partial charge in [0.25, 0.3) is 5.91 Å². The third-order valence-corrected chi connectivity index (χ3v) is 6.20. The quantitative estimate of drug-likeness (QED) is 0.487. The smallest absolute Gasteiger partial charge is 0.407 e. The summed E-state index contributed by atoms with van der Waals surface area (Å²) in [5.74, 6) is -0.545. The second kappa shape index (κ2) is 8.91. The van der Waals surface area contributed by atoms with Crippen molar-refractivity contribution in [3.63, 3.8) is 0 Å². The fourth-order valence-electron chi connectivity index (χ4n) is 3.37. The minimum absolute atomic E-state index is 0.0434. The number of anilines is 1. The SMILES string of the molecule is CC(N)CCCNC(=O)OC1CCc2c(sc(NC(=O)C3CC3)c2C(N)=O)C1. The van der Waals surface area contributed by atoms with E-state index in [1.54, 1.807) is 0 Å². The van der Waals surface area contributed by atoms with Gasteiger partial charge in [-0.05, 0) is 51.0 Å². The highest BCUT2D eigenvalue weighted by Gasteiger charge is 2.33. The van der Waals surface area contributed by atoms with Gasteiger partial charge in [0.2, 0.25) is 5.91 Å². The van der Waals surface area contributed by atoms with Crippen molar-refractivity contribution in [1.29, 1.82) is 0 Å². The van der Waals surface area contributed by atoms with Crippen LogP contribution in [0.25, 0.3) is 0 Å². The molecule has 8 nitrogen and oxygen atoms in total. The number of nitrogens with two attached hydrogens (primary N) is 2. The first kappa shape index (κ1) is 20.6. The van der Waals surface area contributed by atoms with Gasteiger partial charge in [0.15, 0.2) is 0 Å². The average Bonchev–Trinajstić information content (AvgIpc) is 3.40. The predicted octanol–water partition coefficient (Wildman–Crippen LogP) is 1.91. The van der Waals surface area contributed by atoms with Gasteiger partial charge in [-0.1, -0.05) is 0 Å². The fourth-order valence-corrected chi connectivity index (χ4v) is 4.69. The van der Waals surface area contributed by atoms with E-state index in [0.29, 0.717) is 36.4 Å². The first-order chi connectivity index (χ1) is 13.3. The van der Waals surface area contributed by atoms with Crippen LogP contribution in [0.15, 0.2) is 0 Å². The zero-order chi connectivity index (χ0) is 20.3. The highest BCUT2D eigenvalue weighted by Crippen LogP contribution is 2.40. The maximum absolute atomic E-state index is 12.1. The lowest BCUT2D eigenvalue weighted by atomic mass is 9.93. The Balaban J connectivity index is 1.58. The molecule has 2 aliphatic carbocycles. The largest absolute Gasteiger partial charge is 0.446 e. The molecule has 3 rings (SSSR count). The van der Waals surface area contributed by atoms with Crippen LogP contribution in [-0.2, 0) is 22.4 Å². The summed E-state index contributed by atoms with van der Waals surface area (Å²) in [6.07, 6.45) is 4.45. The summed E-state index contributed by atoms with van der Waals surface area (Å²) in [7, 11) is 0. The molecule has 0 aromatic carbocycles. The maximum atomic E-state index is 12.1. The van der Waals surface area contributed by atoms with Crippen molar-refractivity contribution < 1.29 is 19.1 Å². The van der Waals surface area contributed by atoms with E-state index in [4.69, 9.17) is 16.2 Å². The molecule has 28 heavy (non-hydrogen) atoms. The lowest BCUT2D eigenvalue weighted by molar-refractivity contribution is -0.117. The third kappa shape index (κ3) is 5.23. The normalized spacial score (nSPS) is 19.4. The van der Waals surface area contributed by atoms with E-state index in [0.717, 1.165) is 36.1 Å². The van der Waals surface area contributed by atoms with Crippen LogP contribution in [0.2, 0.25) is 0 Å². The number of hydrogen-bond acceptors (Lipinski definition) is 6. The standard InChI is InChI=1S/C19H28N4O4S/c1-10(20)3-2-8-22-19(26)27-12-6-7-13-14(9-12)28-18(15(13)16(21)24)23-17(25)11-4-5-11/h10-12H,2-9,20H2,1H3,(H2,21,24)(H,22,26)(H,23,25). The lowest BCUT2D eigenvalue weighted by Gasteiger charge is -2.22. The van der Waals surface area contributed by atoms with E-state index in [2.05, 4.69) is 10.6 Å². The van der Waals surface area contributed by atoms with Crippen LogP contribution in [0.1, 0.15) is 59.8 Å². The van der Waals surface area contributed by atoms with Crippen LogP contribution in [0.3, 0.4) is 0 Å². The van der Waals surface area contributed by atoms with Crippen LogP contribution < -0.4 is 22.1 Å². The highest BCUT2D eigenvalue weighted by molar-refractivity contribution is 7.17. The van der Waals surface area contributed by atoms with Crippen molar-refractivity contribution >= 4 is 34.2 Å². The molecule has 1 saturated carbocycles. The Kier molecular flexibility index (Phi) is 6.56. The number of thiophene rings is 1. The number of carbonyl (C=O) groups is 3. The summed E-state index contributed by atoms with van der Waals surface area (Å²) in [5, 5.41) is 6.13. The molecule has 0 saturated heterocycles. The summed E-state index contributed by atoms with van der Waals surface area (Å²) >= 11 is 1.36. The minimum Gasteiger partial charge on any atom is -0.446 e. The molecule has 0 radical (unpaired) electrons. The predicted molar refractivity (Wildman–Crippen MR) is 107 cm³/mol. The zero-order valence-electron chi connectivity index (χ0n) is 16.1. The van der Waals surface area contributed by atoms with E-state index < -0.39 is 12.0 Å². The molecule has 154 valence electrons.